The van der Waals surface area contributed by atoms with Crippen molar-refractivity contribution in [2.45, 2.75) is 45.1 Å². The number of hydrogen-bond donors (Lipinski definition) is 1. The van der Waals surface area contributed by atoms with Crippen molar-refractivity contribution in [1.82, 2.24) is 0 Å². The average Bonchev–Trinajstić information content (AvgIpc) is 2.03. The molecule has 2 heteroatoms. The standard InChI is InChI=1S/C10H20O2/c1-9(2)4-6-10(11)5-3-7-12-8-10/h9,11H,3-8H2,1-2H3. The maximum absolute atomic E-state index is 10.00. The number of ether oxygens (including phenoxy) is 1. The molecular formula is C10H20O2. The molecule has 1 heterocycles. The molecule has 0 bridgehead atoms. The van der Waals surface area contributed by atoms with E-state index in [1.165, 1.54) is 0 Å². The van der Waals surface area contributed by atoms with Crippen LogP contribution in [0.2, 0.25) is 0 Å². The summed E-state index contributed by atoms with van der Waals surface area (Å²) in [6, 6.07) is 0. The van der Waals surface area contributed by atoms with Gasteiger partial charge in [-0.2, -0.15) is 0 Å². The van der Waals surface area contributed by atoms with Gasteiger partial charge >= 0.3 is 0 Å². The molecule has 1 aliphatic heterocycles. The summed E-state index contributed by atoms with van der Waals surface area (Å²) in [5.41, 5.74) is -0.511. The van der Waals surface area contributed by atoms with E-state index in [1.54, 1.807) is 0 Å². The SMILES string of the molecule is CC(C)CCC1(O)CCCOC1. The lowest BCUT2D eigenvalue weighted by Crippen LogP contribution is -2.38. The first-order valence-corrected chi connectivity index (χ1v) is 4.92. The molecule has 1 unspecified atom stereocenters. The van der Waals surface area contributed by atoms with Crippen molar-refractivity contribution >= 4 is 0 Å². The van der Waals surface area contributed by atoms with Crippen LogP contribution >= 0.6 is 0 Å². The summed E-state index contributed by atoms with van der Waals surface area (Å²) in [5.74, 6) is 0.677. The van der Waals surface area contributed by atoms with Crippen molar-refractivity contribution < 1.29 is 9.84 Å². The van der Waals surface area contributed by atoms with Gasteiger partial charge in [0.05, 0.1) is 12.2 Å². The molecule has 1 aliphatic rings. The molecule has 0 spiro atoms. The molecule has 1 atom stereocenters. The summed E-state index contributed by atoms with van der Waals surface area (Å²) < 4.78 is 5.27. The van der Waals surface area contributed by atoms with Crippen molar-refractivity contribution in [2.75, 3.05) is 13.2 Å². The van der Waals surface area contributed by atoms with Gasteiger partial charge in [0, 0.05) is 6.61 Å². The van der Waals surface area contributed by atoms with Crippen LogP contribution in [0, 0.1) is 5.92 Å². The zero-order valence-electron chi connectivity index (χ0n) is 8.18. The quantitative estimate of drug-likeness (QED) is 0.705. The number of aliphatic hydroxyl groups is 1. The molecule has 0 aromatic heterocycles. The van der Waals surface area contributed by atoms with Crippen molar-refractivity contribution in [3.63, 3.8) is 0 Å². The molecule has 0 amide bonds. The van der Waals surface area contributed by atoms with E-state index < -0.39 is 5.60 Å². The molecule has 2 nitrogen and oxygen atoms in total. The molecule has 0 aromatic carbocycles. The van der Waals surface area contributed by atoms with E-state index in [1.807, 2.05) is 0 Å². The fraction of sp³-hybridized carbons (Fsp3) is 1.00. The Morgan fingerprint density at radius 2 is 2.25 bits per heavy atom. The second kappa shape index (κ2) is 4.24. The van der Waals surface area contributed by atoms with Gasteiger partial charge in [-0.1, -0.05) is 13.8 Å². The number of hydrogen-bond acceptors (Lipinski definition) is 2. The predicted molar refractivity (Wildman–Crippen MR) is 49.1 cm³/mol. The minimum Gasteiger partial charge on any atom is -0.387 e. The van der Waals surface area contributed by atoms with E-state index in [0.717, 1.165) is 32.3 Å². The van der Waals surface area contributed by atoms with Crippen molar-refractivity contribution in [1.29, 1.82) is 0 Å². The lowest BCUT2D eigenvalue weighted by Gasteiger charge is -2.32. The molecule has 0 radical (unpaired) electrons. The molecule has 1 fully saturated rings. The second-order valence-electron chi connectivity index (χ2n) is 4.31. The Bertz CT molecular complexity index is 126. The van der Waals surface area contributed by atoms with Crippen LogP contribution in [-0.2, 0) is 4.74 Å². The van der Waals surface area contributed by atoms with E-state index in [4.69, 9.17) is 4.74 Å². The second-order valence-corrected chi connectivity index (χ2v) is 4.31. The fourth-order valence-corrected chi connectivity index (χ4v) is 1.59. The molecule has 1 N–H and O–H groups in total. The third kappa shape index (κ3) is 3.11. The molecular weight excluding hydrogens is 152 g/mol. The molecule has 0 aliphatic carbocycles. The van der Waals surface area contributed by atoms with Crippen LogP contribution in [0.3, 0.4) is 0 Å². The van der Waals surface area contributed by atoms with Gasteiger partial charge in [0.1, 0.15) is 0 Å². The van der Waals surface area contributed by atoms with E-state index >= 15 is 0 Å². The first-order chi connectivity index (χ1) is 5.62. The van der Waals surface area contributed by atoms with E-state index in [0.29, 0.717) is 12.5 Å². The lowest BCUT2D eigenvalue weighted by atomic mass is 9.89. The lowest BCUT2D eigenvalue weighted by molar-refractivity contribution is -0.0917. The minimum absolute atomic E-state index is 0.511. The summed E-state index contributed by atoms with van der Waals surface area (Å²) in [7, 11) is 0. The molecule has 1 saturated heterocycles. The third-order valence-electron chi connectivity index (χ3n) is 2.49. The normalized spacial score (nSPS) is 31.0. The molecule has 72 valence electrons. The average molecular weight is 172 g/mol. The molecule has 1 rings (SSSR count). The summed E-state index contributed by atoms with van der Waals surface area (Å²) >= 11 is 0. The Morgan fingerprint density at radius 3 is 2.75 bits per heavy atom. The van der Waals surface area contributed by atoms with Gasteiger partial charge in [0.15, 0.2) is 0 Å². The van der Waals surface area contributed by atoms with Crippen molar-refractivity contribution in [3.05, 3.63) is 0 Å². The Kier molecular flexibility index (Phi) is 3.53. The summed E-state index contributed by atoms with van der Waals surface area (Å²) in [4.78, 5) is 0. The molecule has 0 aromatic rings. The van der Waals surface area contributed by atoms with E-state index in [-0.39, 0.29) is 0 Å². The largest absolute Gasteiger partial charge is 0.387 e. The third-order valence-corrected chi connectivity index (χ3v) is 2.49. The summed E-state index contributed by atoms with van der Waals surface area (Å²) in [6.45, 7) is 5.74. The van der Waals surface area contributed by atoms with Crippen LogP contribution in [0.4, 0.5) is 0 Å². The highest BCUT2D eigenvalue weighted by Gasteiger charge is 2.29. The van der Waals surface area contributed by atoms with Gasteiger partial charge in [-0.15, -0.1) is 0 Å². The monoisotopic (exact) mass is 172 g/mol. The summed E-state index contributed by atoms with van der Waals surface area (Å²) in [5, 5.41) is 10.00. The smallest absolute Gasteiger partial charge is 0.0881 e. The zero-order valence-corrected chi connectivity index (χ0v) is 8.18. The van der Waals surface area contributed by atoms with Crippen molar-refractivity contribution in [3.8, 4) is 0 Å². The first kappa shape index (κ1) is 10.0. The van der Waals surface area contributed by atoms with Gasteiger partial charge in [-0.3, -0.25) is 0 Å². The van der Waals surface area contributed by atoms with Gasteiger partial charge in [0.25, 0.3) is 0 Å². The Hall–Kier alpha value is -0.0800. The van der Waals surface area contributed by atoms with Gasteiger partial charge in [0.2, 0.25) is 0 Å². The Morgan fingerprint density at radius 1 is 1.50 bits per heavy atom. The Balaban J connectivity index is 2.26. The Labute approximate surface area is 74.9 Å². The van der Waals surface area contributed by atoms with Crippen molar-refractivity contribution in [2.24, 2.45) is 5.92 Å². The predicted octanol–water partition coefficient (Wildman–Crippen LogP) is 1.96. The fourth-order valence-electron chi connectivity index (χ4n) is 1.59. The first-order valence-electron chi connectivity index (χ1n) is 4.92. The maximum Gasteiger partial charge on any atom is 0.0881 e. The van der Waals surface area contributed by atoms with E-state index in [2.05, 4.69) is 13.8 Å². The van der Waals surface area contributed by atoms with Crippen LogP contribution in [0.25, 0.3) is 0 Å². The number of rotatable bonds is 3. The van der Waals surface area contributed by atoms with Crippen LogP contribution in [0.5, 0.6) is 0 Å². The van der Waals surface area contributed by atoms with Gasteiger partial charge in [-0.05, 0) is 31.6 Å². The minimum atomic E-state index is -0.511. The van der Waals surface area contributed by atoms with Crippen LogP contribution in [-0.4, -0.2) is 23.9 Å². The topological polar surface area (TPSA) is 29.5 Å². The molecule has 0 saturated carbocycles. The highest BCUT2D eigenvalue weighted by molar-refractivity contribution is 4.81. The van der Waals surface area contributed by atoms with E-state index in [9.17, 15) is 5.11 Å². The highest BCUT2D eigenvalue weighted by Crippen LogP contribution is 2.25. The van der Waals surface area contributed by atoms with Crippen LogP contribution in [0.15, 0.2) is 0 Å². The van der Waals surface area contributed by atoms with Gasteiger partial charge < -0.3 is 9.84 Å². The molecule has 12 heavy (non-hydrogen) atoms. The summed E-state index contributed by atoms with van der Waals surface area (Å²) in [6.07, 6.45) is 3.92. The van der Waals surface area contributed by atoms with Crippen LogP contribution < -0.4 is 0 Å². The zero-order chi connectivity index (χ0) is 9.03. The maximum atomic E-state index is 10.00. The highest BCUT2D eigenvalue weighted by atomic mass is 16.5. The van der Waals surface area contributed by atoms with Crippen LogP contribution in [0.1, 0.15) is 39.5 Å². The van der Waals surface area contributed by atoms with Gasteiger partial charge in [-0.25, -0.2) is 0 Å².